The molecule has 3 rings (SSSR count). The van der Waals surface area contributed by atoms with Crippen molar-refractivity contribution >= 4 is 5.69 Å². The van der Waals surface area contributed by atoms with E-state index in [2.05, 4.69) is 41.0 Å². The molecule has 0 saturated carbocycles. The maximum Gasteiger partial charge on any atom is 0.129 e. The fraction of sp³-hybridized carbons (Fsp3) is 0.316. The van der Waals surface area contributed by atoms with Gasteiger partial charge in [-0.25, -0.2) is 4.39 Å². The lowest BCUT2D eigenvalue weighted by Gasteiger charge is -2.36. The monoisotopic (exact) mass is 309 g/mol. The number of rotatable bonds is 3. The minimum absolute atomic E-state index is 0.287. The third-order valence-electron chi connectivity index (χ3n) is 4.32. The van der Waals surface area contributed by atoms with Crippen molar-refractivity contribution in [1.82, 2.24) is 4.90 Å². The number of nitriles is 1. The summed E-state index contributed by atoms with van der Waals surface area (Å²) in [5.41, 5.74) is 3.56. The number of nitrogens with zero attached hydrogens (tertiary/aromatic N) is 3. The first-order chi connectivity index (χ1) is 11.2. The molecule has 0 amide bonds. The van der Waals surface area contributed by atoms with Gasteiger partial charge in [-0.05, 0) is 36.8 Å². The smallest absolute Gasteiger partial charge is 0.129 e. The van der Waals surface area contributed by atoms with Gasteiger partial charge in [0.15, 0.2) is 0 Å². The van der Waals surface area contributed by atoms with Crippen LogP contribution in [0.1, 0.15) is 16.7 Å². The van der Waals surface area contributed by atoms with Crippen LogP contribution in [0.2, 0.25) is 0 Å². The molecule has 2 aromatic carbocycles. The Kier molecular flexibility index (Phi) is 4.59. The summed E-state index contributed by atoms with van der Waals surface area (Å²) in [6, 6.07) is 15.2. The van der Waals surface area contributed by atoms with Crippen LogP contribution in [-0.4, -0.2) is 31.1 Å². The van der Waals surface area contributed by atoms with Crippen molar-refractivity contribution in [3.63, 3.8) is 0 Å². The van der Waals surface area contributed by atoms with E-state index in [9.17, 15) is 4.39 Å². The Labute approximate surface area is 136 Å². The predicted molar refractivity (Wildman–Crippen MR) is 89.8 cm³/mol. The van der Waals surface area contributed by atoms with Crippen LogP contribution in [0.5, 0.6) is 0 Å². The topological polar surface area (TPSA) is 30.3 Å². The van der Waals surface area contributed by atoms with E-state index in [0.29, 0.717) is 17.7 Å². The van der Waals surface area contributed by atoms with E-state index in [4.69, 9.17) is 5.26 Å². The molecule has 0 atom stereocenters. The number of hydrogen-bond donors (Lipinski definition) is 0. The van der Waals surface area contributed by atoms with Crippen LogP contribution in [0.25, 0.3) is 0 Å². The van der Waals surface area contributed by atoms with E-state index in [1.807, 2.05) is 6.07 Å². The number of halogens is 1. The van der Waals surface area contributed by atoms with Gasteiger partial charge in [-0.1, -0.05) is 18.2 Å². The number of piperazine rings is 1. The molecule has 0 N–H and O–H groups in total. The summed E-state index contributed by atoms with van der Waals surface area (Å²) in [5.74, 6) is -0.287. The fourth-order valence-corrected chi connectivity index (χ4v) is 2.97. The van der Waals surface area contributed by atoms with E-state index >= 15 is 0 Å². The Morgan fingerprint density at radius 3 is 2.52 bits per heavy atom. The van der Waals surface area contributed by atoms with Crippen LogP contribution in [0, 0.1) is 24.1 Å². The zero-order valence-electron chi connectivity index (χ0n) is 13.3. The zero-order chi connectivity index (χ0) is 16.2. The Hall–Kier alpha value is -2.38. The molecule has 0 radical (unpaired) electrons. The molecule has 118 valence electrons. The first-order valence-corrected chi connectivity index (χ1v) is 7.88. The van der Waals surface area contributed by atoms with Crippen molar-refractivity contribution in [3.05, 3.63) is 65.0 Å². The molecule has 1 fully saturated rings. The van der Waals surface area contributed by atoms with E-state index < -0.39 is 0 Å². The van der Waals surface area contributed by atoms with Gasteiger partial charge in [0.1, 0.15) is 5.82 Å². The Morgan fingerprint density at radius 2 is 1.87 bits per heavy atom. The quantitative estimate of drug-likeness (QED) is 0.871. The molecule has 0 bridgehead atoms. The van der Waals surface area contributed by atoms with Crippen LogP contribution in [-0.2, 0) is 6.54 Å². The molecule has 1 saturated heterocycles. The van der Waals surface area contributed by atoms with Gasteiger partial charge < -0.3 is 4.90 Å². The lowest BCUT2D eigenvalue weighted by Crippen LogP contribution is -2.46. The predicted octanol–water partition coefficient (Wildman–Crippen LogP) is 3.33. The van der Waals surface area contributed by atoms with Gasteiger partial charge in [0, 0.05) is 44.0 Å². The van der Waals surface area contributed by atoms with Gasteiger partial charge in [-0.15, -0.1) is 0 Å². The summed E-state index contributed by atoms with van der Waals surface area (Å²) in [4.78, 5) is 4.63. The molecule has 0 aliphatic carbocycles. The van der Waals surface area contributed by atoms with Crippen molar-refractivity contribution in [2.45, 2.75) is 13.5 Å². The fourth-order valence-electron chi connectivity index (χ4n) is 2.97. The van der Waals surface area contributed by atoms with E-state index in [0.717, 1.165) is 26.2 Å². The summed E-state index contributed by atoms with van der Waals surface area (Å²) in [6.07, 6.45) is 0. The Balaban J connectivity index is 1.60. The molecular formula is C19H20FN3. The van der Waals surface area contributed by atoms with Crippen molar-refractivity contribution in [2.24, 2.45) is 0 Å². The molecule has 0 unspecified atom stereocenters. The minimum atomic E-state index is -0.287. The van der Waals surface area contributed by atoms with E-state index in [1.54, 1.807) is 12.1 Å². The number of aryl methyl sites for hydroxylation is 1. The molecule has 4 heteroatoms. The molecule has 0 spiro atoms. The highest BCUT2D eigenvalue weighted by atomic mass is 19.1. The first-order valence-electron chi connectivity index (χ1n) is 7.88. The zero-order valence-corrected chi connectivity index (χ0v) is 13.3. The molecule has 3 nitrogen and oxygen atoms in total. The van der Waals surface area contributed by atoms with Crippen LogP contribution in [0.4, 0.5) is 10.1 Å². The number of anilines is 1. The molecular weight excluding hydrogens is 289 g/mol. The lowest BCUT2D eigenvalue weighted by atomic mass is 10.1. The third-order valence-corrected chi connectivity index (χ3v) is 4.32. The first kappa shape index (κ1) is 15.5. The second kappa shape index (κ2) is 6.80. The molecule has 23 heavy (non-hydrogen) atoms. The van der Waals surface area contributed by atoms with Gasteiger partial charge >= 0.3 is 0 Å². The molecule has 1 aliphatic rings. The van der Waals surface area contributed by atoms with Crippen LogP contribution in [0.3, 0.4) is 0 Å². The number of hydrogen-bond acceptors (Lipinski definition) is 3. The second-order valence-electron chi connectivity index (χ2n) is 6.02. The maximum absolute atomic E-state index is 14.0. The SMILES string of the molecule is Cc1cccc(N2CCN(Cc3ccc(C#N)cc3F)CC2)c1. The minimum Gasteiger partial charge on any atom is -0.369 e. The van der Waals surface area contributed by atoms with E-state index in [-0.39, 0.29) is 5.82 Å². The summed E-state index contributed by atoms with van der Waals surface area (Å²) in [5, 5.41) is 8.80. The molecule has 1 aliphatic heterocycles. The standard InChI is InChI=1S/C19H20FN3/c1-15-3-2-4-18(11-15)23-9-7-22(8-10-23)14-17-6-5-16(13-21)12-19(17)20/h2-6,11-12H,7-10,14H2,1H3. The molecule has 1 heterocycles. The molecule has 0 aromatic heterocycles. The van der Waals surface area contributed by atoms with Crippen LogP contribution < -0.4 is 4.90 Å². The summed E-state index contributed by atoms with van der Waals surface area (Å²) >= 11 is 0. The highest BCUT2D eigenvalue weighted by Gasteiger charge is 2.18. The van der Waals surface area contributed by atoms with Crippen LogP contribution in [0.15, 0.2) is 42.5 Å². The Bertz CT molecular complexity index is 728. The number of benzene rings is 2. The highest BCUT2D eigenvalue weighted by Crippen LogP contribution is 2.19. The Morgan fingerprint density at radius 1 is 1.09 bits per heavy atom. The van der Waals surface area contributed by atoms with Crippen molar-refractivity contribution in [1.29, 1.82) is 5.26 Å². The molecule has 2 aromatic rings. The van der Waals surface area contributed by atoms with Gasteiger partial charge in [0.25, 0.3) is 0 Å². The third kappa shape index (κ3) is 3.69. The van der Waals surface area contributed by atoms with Crippen LogP contribution >= 0.6 is 0 Å². The van der Waals surface area contributed by atoms with Gasteiger partial charge in [0.2, 0.25) is 0 Å². The summed E-state index contributed by atoms with van der Waals surface area (Å²) < 4.78 is 14.0. The van der Waals surface area contributed by atoms with Crippen molar-refractivity contribution in [3.8, 4) is 6.07 Å². The van der Waals surface area contributed by atoms with Crippen molar-refractivity contribution < 1.29 is 4.39 Å². The average molecular weight is 309 g/mol. The summed E-state index contributed by atoms with van der Waals surface area (Å²) in [6.45, 7) is 6.41. The van der Waals surface area contributed by atoms with Gasteiger partial charge in [0.05, 0.1) is 11.6 Å². The largest absolute Gasteiger partial charge is 0.369 e. The van der Waals surface area contributed by atoms with E-state index in [1.165, 1.54) is 17.3 Å². The van der Waals surface area contributed by atoms with Crippen molar-refractivity contribution in [2.75, 3.05) is 31.1 Å². The normalized spacial score (nSPS) is 15.4. The lowest BCUT2D eigenvalue weighted by molar-refractivity contribution is 0.246. The maximum atomic E-state index is 14.0. The average Bonchev–Trinajstić information content (AvgIpc) is 2.57. The van der Waals surface area contributed by atoms with Gasteiger partial charge in [-0.3, -0.25) is 4.90 Å². The second-order valence-corrected chi connectivity index (χ2v) is 6.02. The van der Waals surface area contributed by atoms with Gasteiger partial charge in [-0.2, -0.15) is 5.26 Å². The highest BCUT2D eigenvalue weighted by molar-refractivity contribution is 5.48. The summed E-state index contributed by atoms with van der Waals surface area (Å²) in [7, 11) is 0.